The van der Waals surface area contributed by atoms with Crippen LogP contribution in [0.15, 0.2) is 42.5 Å². The van der Waals surface area contributed by atoms with Gasteiger partial charge < -0.3 is 15.1 Å². The number of hydrogen-bond donors (Lipinski definition) is 2. The SMILES string of the molecule is CCN(CC)c1ccc(-c2ccccc2C(=O)O)c(O)c1. The van der Waals surface area contributed by atoms with Crippen LogP contribution in [0.5, 0.6) is 5.75 Å². The van der Waals surface area contributed by atoms with E-state index in [1.807, 2.05) is 19.9 Å². The summed E-state index contributed by atoms with van der Waals surface area (Å²) >= 11 is 0. The summed E-state index contributed by atoms with van der Waals surface area (Å²) in [5.41, 5.74) is 2.16. The minimum Gasteiger partial charge on any atom is -0.507 e. The van der Waals surface area contributed by atoms with Crippen LogP contribution in [0, 0.1) is 0 Å². The Morgan fingerprint density at radius 1 is 1.05 bits per heavy atom. The number of carbonyl (C=O) groups is 1. The second kappa shape index (κ2) is 6.31. The van der Waals surface area contributed by atoms with Gasteiger partial charge in [-0.3, -0.25) is 0 Å². The van der Waals surface area contributed by atoms with Gasteiger partial charge in [0, 0.05) is 30.4 Å². The Morgan fingerprint density at radius 3 is 2.29 bits per heavy atom. The lowest BCUT2D eigenvalue weighted by molar-refractivity contribution is 0.0698. The number of carboxylic acid groups (broad SMARTS) is 1. The standard InChI is InChI=1S/C17H19NO3/c1-3-18(4-2)12-9-10-14(16(19)11-12)13-7-5-6-8-15(13)17(20)21/h5-11,19H,3-4H2,1-2H3,(H,20,21). The minimum atomic E-state index is -1.00. The van der Waals surface area contributed by atoms with Crippen LogP contribution in [-0.4, -0.2) is 29.3 Å². The lowest BCUT2D eigenvalue weighted by Gasteiger charge is -2.22. The van der Waals surface area contributed by atoms with Crippen molar-refractivity contribution in [2.75, 3.05) is 18.0 Å². The van der Waals surface area contributed by atoms with E-state index in [2.05, 4.69) is 4.90 Å². The van der Waals surface area contributed by atoms with Crippen LogP contribution in [0.4, 0.5) is 5.69 Å². The average molecular weight is 285 g/mol. The van der Waals surface area contributed by atoms with E-state index in [0.717, 1.165) is 18.8 Å². The van der Waals surface area contributed by atoms with Crippen molar-refractivity contribution in [3.8, 4) is 16.9 Å². The highest BCUT2D eigenvalue weighted by Gasteiger charge is 2.14. The fraction of sp³-hybridized carbons (Fsp3) is 0.235. The molecule has 0 aliphatic heterocycles. The second-order valence-electron chi connectivity index (χ2n) is 4.72. The van der Waals surface area contributed by atoms with Gasteiger partial charge in [-0.05, 0) is 37.6 Å². The van der Waals surface area contributed by atoms with Gasteiger partial charge in [-0.1, -0.05) is 18.2 Å². The molecule has 0 saturated carbocycles. The summed E-state index contributed by atoms with van der Waals surface area (Å²) in [6, 6.07) is 12.0. The molecule has 0 aliphatic rings. The van der Waals surface area contributed by atoms with E-state index in [0.29, 0.717) is 11.1 Å². The van der Waals surface area contributed by atoms with Crippen LogP contribution in [0.25, 0.3) is 11.1 Å². The molecular formula is C17H19NO3. The fourth-order valence-corrected chi connectivity index (χ4v) is 2.44. The van der Waals surface area contributed by atoms with Gasteiger partial charge in [-0.25, -0.2) is 4.79 Å². The summed E-state index contributed by atoms with van der Waals surface area (Å²) in [4.78, 5) is 13.4. The van der Waals surface area contributed by atoms with Crippen molar-refractivity contribution >= 4 is 11.7 Å². The maximum Gasteiger partial charge on any atom is 0.336 e. The highest BCUT2D eigenvalue weighted by atomic mass is 16.4. The first-order chi connectivity index (χ1) is 10.1. The topological polar surface area (TPSA) is 60.8 Å². The molecule has 2 rings (SSSR count). The van der Waals surface area contributed by atoms with Gasteiger partial charge in [-0.15, -0.1) is 0 Å². The van der Waals surface area contributed by atoms with E-state index in [-0.39, 0.29) is 11.3 Å². The molecule has 0 aromatic heterocycles. The number of benzene rings is 2. The zero-order valence-corrected chi connectivity index (χ0v) is 12.2. The highest BCUT2D eigenvalue weighted by molar-refractivity contribution is 5.97. The molecule has 2 aromatic carbocycles. The van der Waals surface area contributed by atoms with Crippen molar-refractivity contribution in [1.29, 1.82) is 0 Å². The molecule has 2 aromatic rings. The lowest BCUT2D eigenvalue weighted by atomic mass is 9.98. The molecule has 0 radical (unpaired) electrons. The van der Waals surface area contributed by atoms with Crippen molar-refractivity contribution in [2.45, 2.75) is 13.8 Å². The Kier molecular flexibility index (Phi) is 4.48. The zero-order valence-electron chi connectivity index (χ0n) is 12.2. The molecule has 110 valence electrons. The summed E-state index contributed by atoms with van der Waals surface area (Å²) in [6.07, 6.45) is 0. The normalized spacial score (nSPS) is 10.4. The number of hydrogen-bond acceptors (Lipinski definition) is 3. The monoisotopic (exact) mass is 285 g/mol. The fourth-order valence-electron chi connectivity index (χ4n) is 2.44. The lowest BCUT2D eigenvalue weighted by Crippen LogP contribution is -2.21. The Morgan fingerprint density at radius 2 is 1.71 bits per heavy atom. The first-order valence-electron chi connectivity index (χ1n) is 6.99. The van der Waals surface area contributed by atoms with E-state index in [9.17, 15) is 15.0 Å². The third-order valence-electron chi connectivity index (χ3n) is 3.56. The largest absolute Gasteiger partial charge is 0.507 e. The summed E-state index contributed by atoms with van der Waals surface area (Å²) in [6.45, 7) is 5.80. The summed E-state index contributed by atoms with van der Waals surface area (Å²) in [7, 11) is 0. The Hall–Kier alpha value is -2.49. The molecule has 0 atom stereocenters. The number of nitrogens with zero attached hydrogens (tertiary/aromatic N) is 1. The molecule has 0 bridgehead atoms. The molecular weight excluding hydrogens is 266 g/mol. The van der Waals surface area contributed by atoms with E-state index in [1.54, 1.807) is 30.3 Å². The quantitative estimate of drug-likeness (QED) is 0.881. The Labute approximate surface area is 124 Å². The second-order valence-corrected chi connectivity index (χ2v) is 4.72. The van der Waals surface area contributed by atoms with E-state index in [1.165, 1.54) is 6.07 Å². The first kappa shape index (κ1) is 14.9. The number of anilines is 1. The number of aromatic hydroxyl groups is 1. The van der Waals surface area contributed by atoms with Crippen LogP contribution in [0.2, 0.25) is 0 Å². The number of phenols is 1. The molecule has 0 amide bonds. The molecule has 2 N–H and O–H groups in total. The van der Waals surface area contributed by atoms with Crippen molar-refractivity contribution < 1.29 is 15.0 Å². The van der Waals surface area contributed by atoms with Crippen LogP contribution < -0.4 is 4.90 Å². The van der Waals surface area contributed by atoms with E-state index < -0.39 is 5.97 Å². The van der Waals surface area contributed by atoms with Gasteiger partial charge in [0.15, 0.2) is 0 Å². The Balaban J connectivity index is 2.49. The van der Waals surface area contributed by atoms with Gasteiger partial charge in [0.05, 0.1) is 5.56 Å². The van der Waals surface area contributed by atoms with Crippen molar-refractivity contribution in [2.24, 2.45) is 0 Å². The molecule has 21 heavy (non-hydrogen) atoms. The zero-order chi connectivity index (χ0) is 15.4. The van der Waals surface area contributed by atoms with Gasteiger partial charge in [0.25, 0.3) is 0 Å². The van der Waals surface area contributed by atoms with E-state index >= 15 is 0 Å². The van der Waals surface area contributed by atoms with Crippen LogP contribution in [0.3, 0.4) is 0 Å². The van der Waals surface area contributed by atoms with Crippen LogP contribution in [0.1, 0.15) is 24.2 Å². The molecule has 0 spiro atoms. The van der Waals surface area contributed by atoms with Gasteiger partial charge >= 0.3 is 5.97 Å². The summed E-state index contributed by atoms with van der Waals surface area (Å²) in [5, 5.41) is 19.5. The number of rotatable bonds is 5. The minimum absolute atomic E-state index is 0.0908. The van der Waals surface area contributed by atoms with Crippen molar-refractivity contribution in [3.05, 3.63) is 48.0 Å². The van der Waals surface area contributed by atoms with Crippen LogP contribution >= 0.6 is 0 Å². The maximum absolute atomic E-state index is 11.3. The van der Waals surface area contributed by atoms with Crippen LogP contribution in [-0.2, 0) is 0 Å². The summed E-state index contributed by atoms with van der Waals surface area (Å²) < 4.78 is 0. The average Bonchev–Trinajstić information content (AvgIpc) is 2.48. The number of aromatic carboxylic acids is 1. The van der Waals surface area contributed by atoms with Gasteiger partial charge in [-0.2, -0.15) is 0 Å². The number of carboxylic acids is 1. The first-order valence-corrected chi connectivity index (χ1v) is 6.99. The van der Waals surface area contributed by atoms with Gasteiger partial charge in [0.1, 0.15) is 5.75 Å². The maximum atomic E-state index is 11.3. The van der Waals surface area contributed by atoms with E-state index in [4.69, 9.17) is 0 Å². The molecule has 0 aliphatic carbocycles. The molecule has 4 heteroatoms. The molecule has 0 heterocycles. The van der Waals surface area contributed by atoms with Crippen molar-refractivity contribution in [1.82, 2.24) is 0 Å². The molecule has 0 fully saturated rings. The predicted molar refractivity (Wildman–Crippen MR) is 84.1 cm³/mol. The molecule has 0 unspecified atom stereocenters. The van der Waals surface area contributed by atoms with Crippen molar-refractivity contribution in [3.63, 3.8) is 0 Å². The highest BCUT2D eigenvalue weighted by Crippen LogP contribution is 2.34. The summed E-state index contributed by atoms with van der Waals surface area (Å²) in [5.74, 6) is -0.911. The molecule has 0 saturated heterocycles. The smallest absolute Gasteiger partial charge is 0.336 e. The van der Waals surface area contributed by atoms with Gasteiger partial charge in [0.2, 0.25) is 0 Å². The molecule has 4 nitrogen and oxygen atoms in total. The predicted octanol–water partition coefficient (Wildman–Crippen LogP) is 3.60. The Bertz CT molecular complexity index is 648. The third-order valence-corrected chi connectivity index (χ3v) is 3.56. The number of phenolic OH excluding ortho intramolecular Hbond substituents is 1. The third kappa shape index (κ3) is 2.99.